The second kappa shape index (κ2) is 9.07. The number of pyridine rings is 1. The lowest BCUT2D eigenvalue weighted by molar-refractivity contribution is -0.121. The molecule has 2 amide bonds. The Bertz CT molecular complexity index is 1260. The lowest BCUT2D eigenvalue weighted by atomic mass is 9.96. The number of anilines is 1. The highest BCUT2D eigenvalue weighted by molar-refractivity contribution is 6.30. The van der Waals surface area contributed by atoms with Gasteiger partial charge in [-0.2, -0.15) is 5.10 Å². The van der Waals surface area contributed by atoms with E-state index in [0.29, 0.717) is 35.9 Å². The zero-order valence-corrected chi connectivity index (χ0v) is 18.7. The first kappa shape index (κ1) is 21.2. The van der Waals surface area contributed by atoms with Crippen molar-refractivity contribution < 1.29 is 9.59 Å². The standard InChI is InChI=1S/C24H23ClN6O2/c25-19-8-6-17(7-9-19)24(33)30-11-3-4-18(13-30)23(32)28-20-12-26-31(15-20)16-21-14-29-10-2-1-5-22(29)27-21/h1-2,5-10,12,14-15,18H,3-4,11,13,16H2,(H,28,32). The van der Waals surface area contributed by atoms with Crippen molar-refractivity contribution >= 4 is 34.7 Å². The molecule has 0 radical (unpaired) electrons. The van der Waals surface area contributed by atoms with Crippen molar-refractivity contribution in [1.82, 2.24) is 24.1 Å². The second-order valence-electron chi connectivity index (χ2n) is 8.21. The van der Waals surface area contributed by atoms with Crippen molar-refractivity contribution in [3.63, 3.8) is 0 Å². The molecule has 0 spiro atoms. The van der Waals surface area contributed by atoms with Crippen LogP contribution < -0.4 is 5.32 Å². The quantitative estimate of drug-likeness (QED) is 0.490. The molecule has 8 nitrogen and oxygen atoms in total. The van der Waals surface area contributed by atoms with Gasteiger partial charge in [0.2, 0.25) is 5.91 Å². The maximum atomic E-state index is 12.9. The molecule has 1 fully saturated rings. The van der Waals surface area contributed by atoms with Crippen LogP contribution in [0.15, 0.2) is 67.3 Å². The number of piperidine rings is 1. The Morgan fingerprint density at radius 3 is 2.79 bits per heavy atom. The van der Waals surface area contributed by atoms with E-state index in [0.717, 1.165) is 24.2 Å². The summed E-state index contributed by atoms with van der Waals surface area (Å²) in [6.07, 6.45) is 8.86. The van der Waals surface area contributed by atoms with Crippen LogP contribution in [0.3, 0.4) is 0 Å². The van der Waals surface area contributed by atoms with Gasteiger partial charge in [-0.1, -0.05) is 17.7 Å². The Hall–Kier alpha value is -3.65. The van der Waals surface area contributed by atoms with Crippen LogP contribution in [0.2, 0.25) is 5.02 Å². The number of benzene rings is 1. The summed E-state index contributed by atoms with van der Waals surface area (Å²) in [4.78, 5) is 32.0. The van der Waals surface area contributed by atoms with Crippen LogP contribution in [0.5, 0.6) is 0 Å². The molecule has 4 aromatic rings. The first-order chi connectivity index (χ1) is 16.0. The van der Waals surface area contributed by atoms with Gasteiger partial charge < -0.3 is 14.6 Å². The lowest BCUT2D eigenvalue weighted by Crippen LogP contribution is -2.43. The van der Waals surface area contributed by atoms with E-state index in [2.05, 4.69) is 15.4 Å². The van der Waals surface area contributed by atoms with Gasteiger partial charge in [0.1, 0.15) is 5.65 Å². The average molecular weight is 463 g/mol. The van der Waals surface area contributed by atoms with Crippen molar-refractivity contribution in [3.05, 3.63) is 83.5 Å². The molecule has 0 saturated carbocycles. The molecule has 1 aliphatic rings. The van der Waals surface area contributed by atoms with E-state index >= 15 is 0 Å². The molecule has 168 valence electrons. The molecule has 4 heterocycles. The summed E-state index contributed by atoms with van der Waals surface area (Å²) in [5, 5.41) is 7.88. The summed E-state index contributed by atoms with van der Waals surface area (Å²) in [5.41, 5.74) is 2.97. The summed E-state index contributed by atoms with van der Waals surface area (Å²) in [6.45, 7) is 1.54. The SMILES string of the molecule is O=C(Nc1cnn(Cc2cn3ccccc3n2)c1)C1CCCN(C(=O)c2ccc(Cl)cc2)C1. The Labute approximate surface area is 195 Å². The summed E-state index contributed by atoms with van der Waals surface area (Å²) in [5.74, 6) is -0.447. The molecule has 1 saturated heterocycles. The number of carbonyl (C=O) groups is 2. The minimum absolute atomic E-state index is 0.0792. The van der Waals surface area contributed by atoms with E-state index < -0.39 is 0 Å². The number of amides is 2. The molecule has 1 unspecified atom stereocenters. The number of hydrogen-bond donors (Lipinski definition) is 1. The third-order valence-corrected chi connectivity index (χ3v) is 6.06. The molecule has 9 heteroatoms. The van der Waals surface area contributed by atoms with Gasteiger partial charge in [-0.25, -0.2) is 4.98 Å². The Kier molecular flexibility index (Phi) is 5.83. The molecular formula is C24H23ClN6O2. The number of fused-ring (bicyclic) bond motifs is 1. The fourth-order valence-electron chi connectivity index (χ4n) is 4.14. The first-order valence-electron chi connectivity index (χ1n) is 10.9. The van der Waals surface area contributed by atoms with Crippen LogP contribution in [-0.4, -0.2) is 49.0 Å². The predicted molar refractivity (Wildman–Crippen MR) is 125 cm³/mol. The molecule has 1 aromatic carbocycles. The third-order valence-electron chi connectivity index (χ3n) is 5.81. The number of imidazole rings is 1. The number of halogens is 1. The number of rotatable bonds is 5. The van der Waals surface area contributed by atoms with Gasteiger partial charge >= 0.3 is 0 Å². The second-order valence-corrected chi connectivity index (χ2v) is 8.65. The number of likely N-dealkylation sites (tertiary alicyclic amines) is 1. The van der Waals surface area contributed by atoms with Crippen molar-refractivity contribution in [2.24, 2.45) is 5.92 Å². The molecule has 1 N–H and O–H groups in total. The summed E-state index contributed by atoms with van der Waals surface area (Å²) >= 11 is 5.92. The summed E-state index contributed by atoms with van der Waals surface area (Å²) in [7, 11) is 0. The Balaban J connectivity index is 1.20. The number of aromatic nitrogens is 4. The number of nitrogens with one attached hydrogen (secondary N) is 1. The predicted octanol–water partition coefficient (Wildman–Crippen LogP) is 3.72. The minimum atomic E-state index is -0.267. The van der Waals surface area contributed by atoms with E-state index in [4.69, 9.17) is 11.6 Å². The van der Waals surface area contributed by atoms with E-state index in [-0.39, 0.29) is 17.7 Å². The minimum Gasteiger partial charge on any atom is -0.338 e. The van der Waals surface area contributed by atoms with Crippen LogP contribution in [-0.2, 0) is 11.3 Å². The van der Waals surface area contributed by atoms with Crippen molar-refractivity contribution in [1.29, 1.82) is 0 Å². The van der Waals surface area contributed by atoms with E-state index in [1.54, 1.807) is 46.2 Å². The molecular weight excluding hydrogens is 440 g/mol. The lowest BCUT2D eigenvalue weighted by Gasteiger charge is -2.32. The van der Waals surface area contributed by atoms with Gasteiger partial charge in [-0.05, 0) is 49.2 Å². The van der Waals surface area contributed by atoms with E-state index in [1.165, 1.54) is 0 Å². The molecule has 33 heavy (non-hydrogen) atoms. The van der Waals surface area contributed by atoms with Crippen LogP contribution in [0.25, 0.3) is 5.65 Å². The molecule has 1 atom stereocenters. The average Bonchev–Trinajstić information content (AvgIpc) is 3.45. The maximum Gasteiger partial charge on any atom is 0.253 e. The van der Waals surface area contributed by atoms with Gasteiger partial charge in [0.25, 0.3) is 5.91 Å². The largest absolute Gasteiger partial charge is 0.338 e. The fraction of sp³-hybridized carbons (Fsp3) is 0.250. The highest BCUT2D eigenvalue weighted by Crippen LogP contribution is 2.21. The van der Waals surface area contributed by atoms with Gasteiger partial charge in [-0.3, -0.25) is 14.3 Å². The molecule has 3 aromatic heterocycles. The van der Waals surface area contributed by atoms with Crippen molar-refractivity contribution in [3.8, 4) is 0 Å². The number of carbonyl (C=O) groups excluding carboxylic acids is 2. The zero-order valence-electron chi connectivity index (χ0n) is 17.9. The van der Waals surface area contributed by atoms with E-state index in [1.807, 2.05) is 35.0 Å². The van der Waals surface area contributed by atoms with Crippen LogP contribution >= 0.6 is 11.6 Å². The third kappa shape index (κ3) is 4.75. The maximum absolute atomic E-state index is 12.9. The van der Waals surface area contributed by atoms with Gasteiger partial charge in [0.15, 0.2) is 0 Å². The van der Waals surface area contributed by atoms with Crippen molar-refractivity contribution in [2.45, 2.75) is 19.4 Å². The van der Waals surface area contributed by atoms with Gasteiger partial charge in [0, 0.05) is 42.3 Å². The fourth-order valence-corrected chi connectivity index (χ4v) is 4.26. The normalized spacial score (nSPS) is 16.2. The van der Waals surface area contributed by atoms with Crippen LogP contribution in [0, 0.1) is 5.92 Å². The smallest absolute Gasteiger partial charge is 0.253 e. The first-order valence-corrected chi connectivity index (χ1v) is 11.2. The van der Waals surface area contributed by atoms with Crippen LogP contribution in [0.1, 0.15) is 28.9 Å². The van der Waals surface area contributed by atoms with Crippen molar-refractivity contribution in [2.75, 3.05) is 18.4 Å². The van der Waals surface area contributed by atoms with Crippen LogP contribution in [0.4, 0.5) is 5.69 Å². The van der Waals surface area contributed by atoms with E-state index in [9.17, 15) is 9.59 Å². The van der Waals surface area contributed by atoms with Gasteiger partial charge in [0.05, 0.1) is 30.0 Å². The highest BCUT2D eigenvalue weighted by Gasteiger charge is 2.29. The molecule has 5 rings (SSSR count). The Morgan fingerprint density at radius 1 is 1.12 bits per heavy atom. The molecule has 1 aliphatic heterocycles. The topological polar surface area (TPSA) is 84.5 Å². The Morgan fingerprint density at radius 2 is 1.97 bits per heavy atom. The zero-order chi connectivity index (χ0) is 22.8. The number of hydrogen-bond acceptors (Lipinski definition) is 4. The highest BCUT2D eigenvalue weighted by atomic mass is 35.5. The number of nitrogens with zero attached hydrogens (tertiary/aromatic N) is 5. The van der Waals surface area contributed by atoms with Gasteiger partial charge in [-0.15, -0.1) is 0 Å². The molecule has 0 aliphatic carbocycles. The summed E-state index contributed by atoms with van der Waals surface area (Å²) < 4.78 is 3.70. The monoisotopic (exact) mass is 462 g/mol. The molecule has 0 bridgehead atoms. The summed E-state index contributed by atoms with van der Waals surface area (Å²) in [6, 6.07) is 12.7.